The van der Waals surface area contributed by atoms with Crippen molar-refractivity contribution in [2.45, 2.75) is 44.5 Å². The monoisotopic (exact) mass is 550 g/mol. The van der Waals surface area contributed by atoms with Gasteiger partial charge in [0.2, 0.25) is 5.91 Å². The second-order valence-electron chi connectivity index (χ2n) is 10.3. The molecule has 1 fully saturated rings. The van der Waals surface area contributed by atoms with Gasteiger partial charge in [0, 0.05) is 23.6 Å². The molecule has 0 saturated carbocycles. The molecule has 0 radical (unpaired) electrons. The lowest BCUT2D eigenvalue weighted by atomic mass is 9.88. The van der Waals surface area contributed by atoms with E-state index in [0.29, 0.717) is 28.5 Å². The molecule has 1 aromatic heterocycles. The molecule has 1 saturated heterocycles. The van der Waals surface area contributed by atoms with Crippen molar-refractivity contribution in [1.82, 2.24) is 10.2 Å². The van der Waals surface area contributed by atoms with Gasteiger partial charge >= 0.3 is 5.97 Å². The average molecular weight is 551 g/mol. The van der Waals surface area contributed by atoms with E-state index in [2.05, 4.69) is 17.9 Å². The van der Waals surface area contributed by atoms with Crippen LogP contribution in [-0.4, -0.2) is 32.5 Å². The second kappa shape index (κ2) is 10.7. The summed E-state index contributed by atoms with van der Waals surface area (Å²) in [5, 5.41) is 12.6. The lowest BCUT2D eigenvalue weighted by Crippen LogP contribution is -2.52. The number of carbonyl (C=O) groups excluding carboxylic acids is 2. The van der Waals surface area contributed by atoms with E-state index in [1.165, 1.54) is 18.7 Å². The highest BCUT2D eigenvalue weighted by Gasteiger charge is 2.39. The van der Waals surface area contributed by atoms with Crippen LogP contribution in [0.15, 0.2) is 76.1 Å². The number of benzene rings is 2. The van der Waals surface area contributed by atoms with E-state index in [0.717, 1.165) is 11.1 Å². The number of rotatable bonds is 7. The molecule has 2 atom stereocenters. The maximum Gasteiger partial charge on any atom is 0.333 e. The van der Waals surface area contributed by atoms with E-state index in [-0.39, 0.29) is 16.5 Å². The quantitative estimate of drug-likeness (QED) is 0.256. The third-order valence-corrected chi connectivity index (χ3v) is 7.89. The number of carbonyl (C=O) groups is 3. The summed E-state index contributed by atoms with van der Waals surface area (Å²) < 4.78 is 5.69. The molecule has 4 rings (SSSR count). The number of thiol groups is 1. The van der Waals surface area contributed by atoms with E-state index in [1.54, 1.807) is 68.1 Å². The fourth-order valence-corrected chi connectivity index (χ4v) is 5.30. The van der Waals surface area contributed by atoms with Gasteiger partial charge in [-0.1, -0.05) is 87.1 Å². The van der Waals surface area contributed by atoms with Crippen LogP contribution in [0.5, 0.6) is 0 Å². The smallest absolute Gasteiger partial charge is 0.333 e. The fraction of sp³-hybridized carbons (Fsp3) is 0.276. The molecule has 3 aromatic rings. The molecule has 7 nitrogen and oxygen atoms in total. The molecule has 2 aromatic carbocycles. The number of carboxylic acids is 1. The van der Waals surface area contributed by atoms with Crippen LogP contribution in [0.1, 0.15) is 44.6 Å². The fourth-order valence-electron chi connectivity index (χ4n) is 3.84. The summed E-state index contributed by atoms with van der Waals surface area (Å²) in [6.45, 7) is 7.13. The predicted octanol–water partition coefficient (Wildman–Crippen LogP) is 5.74. The Morgan fingerprint density at radius 1 is 1.05 bits per heavy atom. The van der Waals surface area contributed by atoms with Gasteiger partial charge in [-0.25, -0.2) is 4.79 Å². The van der Waals surface area contributed by atoms with E-state index in [4.69, 9.17) is 4.42 Å². The normalized spacial score (nSPS) is 18.4. The lowest BCUT2D eigenvalue weighted by molar-refractivity contribution is -0.148. The number of hydrogen-bond donors (Lipinski definition) is 3. The first kappa shape index (κ1) is 27.6. The van der Waals surface area contributed by atoms with Crippen LogP contribution >= 0.6 is 24.4 Å². The number of aliphatic carboxylic acids is 1. The Balaban J connectivity index is 1.51. The van der Waals surface area contributed by atoms with Gasteiger partial charge in [-0.05, 0) is 30.2 Å². The molecule has 0 aliphatic carbocycles. The van der Waals surface area contributed by atoms with Crippen LogP contribution in [0.3, 0.4) is 0 Å². The SMILES string of the molecule is CC(C)(C)C(=O)NC(C)(C(=O)O)c1ccc(-c2ccc(/C=C3\SC(S)N(Cc4ccccc4)C3=O)o2)cc1. The highest BCUT2D eigenvalue weighted by molar-refractivity contribution is 8.14. The zero-order valence-corrected chi connectivity index (χ0v) is 23.3. The van der Waals surface area contributed by atoms with Crippen molar-refractivity contribution in [3.63, 3.8) is 0 Å². The molecule has 1 aliphatic rings. The Kier molecular flexibility index (Phi) is 7.80. The highest BCUT2D eigenvalue weighted by atomic mass is 32.2. The Morgan fingerprint density at radius 3 is 2.32 bits per heavy atom. The van der Waals surface area contributed by atoms with E-state index in [1.807, 2.05) is 30.3 Å². The zero-order chi connectivity index (χ0) is 27.7. The van der Waals surface area contributed by atoms with E-state index < -0.39 is 16.9 Å². The van der Waals surface area contributed by atoms with Crippen molar-refractivity contribution < 1.29 is 23.9 Å². The second-order valence-corrected chi connectivity index (χ2v) is 12.2. The number of furan rings is 1. The number of carboxylic acid groups (broad SMARTS) is 1. The predicted molar refractivity (Wildman–Crippen MR) is 152 cm³/mol. The number of hydrogen-bond acceptors (Lipinski definition) is 6. The molecule has 38 heavy (non-hydrogen) atoms. The largest absolute Gasteiger partial charge is 0.479 e. The number of thioether (sulfide) groups is 1. The molecule has 2 unspecified atom stereocenters. The zero-order valence-electron chi connectivity index (χ0n) is 21.6. The van der Waals surface area contributed by atoms with Crippen molar-refractivity contribution in [3.05, 3.63) is 88.5 Å². The van der Waals surface area contributed by atoms with Crippen LogP contribution in [0.4, 0.5) is 0 Å². The molecular formula is C29H30N2O5S2. The number of nitrogens with one attached hydrogen (secondary N) is 1. The third kappa shape index (κ3) is 5.84. The molecule has 9 heteroatoms. The minimum absolute atomic E-state index is 0.105. The van der Waals surface area contributed by atoms with Gasteiger partial charge in [-0.15, -0.1) is 12.6 Å². The minimum atomic E-state index is -1.59. The highest BCUT2D eigenvalue weighted by Crippen LogP contribution is 2.39. The molecule has 2 N–H and O–H groups in total. The summed E-state index contributed by atoms with van der Waals surface area (Å²) in [6.07, 6.45) is 1.71. The first-order valence-electron chi connectivity index (χ1n) is 12.1. The molecular weight excluding hydrogens is 520 g/mol. The van der Waals surface area contributed by atoms with Crippen molar-refractivity contribution in [2.24, 2.45) is 5.41 Å². The molecule has 2 heterocycles. The molecule has 198 valence electrons. The standard InChI is InChI=1S/C29H30N2O5S2/c1-28(2,3)25(33)30-29(4,26(34)35)20-12-10-19(11-13-20)22-15-14-21(36-22)16-23-24(32)31(27(37)38-23)17-18-8-6-5-7-9-18/h5-16,27,37H,17H2,1-4H3,(H,30,33)(H,34,35)/b23-16-. The van der Waals surface area contributed by atoms with Crippen LogP contribution in [0.2, 0.25) is 0 Å². The summed E-state index contributed by atoms with van der Waals surface area (Å²) in [7, 11) is 0. The Bertz CT molecular complexity index is 1380. The van der Waals surface area contributed by atoms with Gasteiger partial charge in [-0.2, -0.15) is 0 Å². The van der Waals surface area contributed by atoms with Crippen LogP contribution in [0, 0.1) is 5.41 Å². The molecule has 0 bridgehead atoms. The van der Waals surface area contributed by atoms with Crippen LogP contribution < -0.4 is 5.32 Å². The van der Waals surface area contributed by atoms with Gasteiger partial charge < -0.3 is 19.7 Å². The van der Waals surface area contributed by atoms with E-state index in [9.17, 15) is 19.5 Å². The van der Waals surface area contributed by atoms with Crippen LogP contribution in [0.25, 0.3) is 17.4 Å². The summed E-state index contributed by atoms with van der Waals surface area (Å²) in [4.78, 5) is 39.9. The first-order chi connectivity index (χ1) is 17.9. The summed E-state index contributed by atoms with van der Waals surface area (Å²) in [5.41, 5.74) is -0.123. The Hall–Kier alpha value is -3.43. The Labute approximate surface area is 231 Å². The van der Waals surface area contributed by atoms with Gasteiger partial charge in [0.25, 0.3) is 5.91 Å². The van der Waals surface area contributed by atoms with Gasteiger partial charge in [0.05, 0.1) is 4.91 Å². The van der Waals surface area contributed by atoms with Crippen molar-refractivity contribution in [1.29, 1.82) is 0 Å². The van der Waals surface area contributed by atoms with Gasteiger partial charge in [0.1, 0.15) is 16.2 Å². The first-order valence-corrected chi connectivity index (χ1v) is 13.5. The van der Waals surface area contributed by atoms with Gasteiger partial charge in [-0.3, -0.25) is 9.59 Å². The molecule has 1 aliphatic heterocycles. The summed E-state index contributed by atoms with van der Waals surface area (Å²) in [5.74, 6) is -0.531. The van der Waals surface area contributed by atoms with Crippen molar-refractivity contribution >= 4 is 48.3 Å². The average Bonchev–Trinajstić information content (AvgIpc) is 3.44. The number of amides is 2. The minimum Gasteiger partial charge on any atom is -0.479 e. The van der Waals surface area contributed by atoms with Crippen molar-refractivity contribution in [2.75, 3.05) is 0 Å². The maximum absolute atomic E-state index is 13.0. The summed E-state index contributed by atoms with van der Waals surface area (Å²) >= 11 is 5.94. The third-order valence-electron chi connectivity index (χ3n) is 6.29. The molecule has 0 spiro atoms. The topological polar surface area (TPSA) is 99.9 Å². The number of nitrogens with zero attached hydrogens (tertiary/aromatic N) is 1. The molecule has 2 amide bonds. The van der Waals surface area contributed by atoms with Crippen molar-refractivity contribution in [3.8, 4) is 11.3 Å². The van der Waals surface area contributed by atoms with Gasteiger partial charge in [0.15, 0.2) is 5.54 Å². The van der Waals surface area contributed by atoms with Crippen LogP contribution in [-0.2, 0) is 26.5 Å². The van der Waals surface area contributed by atoms with E-state index >= 15 is 0 Å². The maximum atomic E-state index is 13.0. The lowest BCUT2D eigenvalue weighted by Gasteiger charge is -2.30. The Morgan fingerprint density at radius 2 is 1.71 bits per heavy atom. The summed E-state index contributed by atoms with van der Waals surface area (Å²) in [6, 6.07) is 20.2.